The first kappa shape index (κ1) is 15.7. The van der Waals surface area contributed by atoms with E-state index in [0.717, 1.165) is 4.90 Å². The second kappa shape index (κ2) is 6.23. The van der Waals surface area contributed by atoms with Crippen LogP contribution >= 0.6 is 0 Å². The fourth-order valence-electron chi connectivity index (χ4n) is 1.58. The SMILES string of the molecule is CCNC(C)c1nnc(N(CC(F)(F)F)C(C)C)o1. The Morgan fingerprint density at radius 2 is 1.89 bits per heavy atom. The Balaban J connectivity index is 2.86. The van der Waals surface area contributed by atoms with Crippen molar-refractivity contribution in [3.8, 4) is 0 Å². The van der Waals surface area contributed by atoms with Gasteiger partial charge in [0.25, 0.3) is 0 Å². The van der Waals surface area contributed by atoms with Crippen LogP contribution in [0.3, 0.4) is 0 Å². The van der Waals surface area contributed by atoms with Crippen LogP contribution in [0.4, 0.5) is 19.2 Å². The van der Waals surface area contributed by atoms with E-state index in [1.807, 2.05) is 13.8 Å². The van der Waals surface area contributed by atoms with Crippen molar-refractivity contribution in [2.45, 2.75) is 46.0 Å². The molecule has 0 bridgehead atoms. The quantitative estimate of drug-likeness (QED) is 0.867. The van der Waals surface area contributed by atoms with Gasteiger partial charge in [0, 0.05) is 6.04 Å². The molecule has 0 amide bonds. The van der Waals surface area contributed by atoms with Crippen molar-refractivity contribution in [3.63, 3.8) is 0 Å². The van der Waals surface area contributed by atoms with Crippen molar-refractivity contribution in [2.75, 3.05) is 18.0 Å². The van der Waals surface area contributed by atoms with E-state index in [4.69, 9.17) is 4.42 Å². The standard InChI is InChI=1S/C11H19F3N4O/c1-5-15-8(4)9-16-17-10(19-9)18(7(2)3)6-11(12,13)14/h7-8,15H,5-6H2,1-4H3. The number of alkyl halides is 3. The molecule has 0 spiro atoms. The average molecular weight is 280 g/mol. The summed E-state index contributed by atoms with van der Waals surface area (Å²) in [5.74, 6) is 0.282. The largest absolute Gasteiger partial charge is 0.406 e. The zero-order chi connectivity index (χ0) is 14.6. The molecule has 5 nitrogen and oxygen atoms in total. The molecule has 0 saturated carbocycles. The Kier molecular flexibility index (Phi) is 5.16. The van der Waals surface area contributed by atoms with Crippen molar-refractivity contribution in [1.29, 1.82) is 0 Å². The molecule has 110 valence electrons. The summed E-state index contributed by atoms with van der Waals surface area (Å²) in [7, 11) is 0. The van der Waals surface area contributed by atoms with E-state index in [2.05, 4.69) is 15.5 Å². The van der Waals surface area contributed by atoms with Gasteiger partial charge in [0.05, 0.1) is 6.04 Å². The molecule has 0 radical (unpaired) electrons. The molecule has 1 unspecified atom stereocenters. The molecule has 1 atom stereocenters. The van der Waals surface area contributed by atoms with Gasteiger partial charge in [-0.2, -0.15) is 13.2 Å². The van der Waals surface area contributed by atoms with Gasteiger partial charge < -0.3 is 14.6 Å². The third-order valence-electron chi connectivity index (χ3n) is 2.53. The van der Waals surface area contributed by atoms with E-state index in [0.29, 0.717) is 6.54 Å². The highest BCUT2D eigenvalue weighted by Crippen LogP contribution is 2.24. The Hall–Kier alpha value is -1.31. The first-order valence-corrected chi connectivity index (χ1v) is 6.14. The number of nitrogens with zero attached hydrogens (tertiary/aromatic N) is 3. The summed E-state index contributed by atoms with van der Waals surface area (Å²) in [4.78, 5) is 1.04. The topological polar surface area (TPSA) is 54.2 Å². The number of nitrogens with one attached hydrogen (secondary N) is 1. The van der Waals surface area contributed by atoms with Crippen LogP contribution in [0, 0.1) is 0 Å². The predicted molar refractivity (Wildman–Crippen MR) is 64.9 cm³/mol. The lowest BCUT2D eigenvalue weighted by Crippen LogP contribution is -2.39. The smallest absolute Gasteiger partial charge is 0.406 e. The van der Waals surface area contributed by atoms with Gasteiger partial charge >= 0.3 is 12.2 Å². The van der Waals surface area contributed by atoms with Crippen LogP contribution in [0.25, 0.3) is 0 Å². The molecule has 1 rings (SSSR count). The number of anilines is 1. The van der Waals surface area contributed by atoms with E-state index >= 15 is 0 Å². The van der Waals surface area contributed by atoms with Crippen molar-refractivity contribution in [1.82, 2.24) is 15.5 Å². The van der Waals surface area contributed by atoms with Crippen LogP contribution < -0.4 is 10.2 Å². The molecule has 1 heterocycles. The zero-order valence-electron chi connectivity index (χ0n) is 11.5. The van der Waals surface area contributed by atoms with Crippen molar-refractivity contribution < 1.29 is 17.6 Å². The zero-order valence-corrected chi connectivity index (χ0v) is 11.5. The fraction of sp³-hybridized carbons (Fsp3) is 0.818. The maximum atomic E-state index is 12.5. The van der Waals surface area contributed by atoms with Gasteiger partial charge in [-0.1, -0.05) is 12.0 Å². The van der Waals surface area contributed by atoms with Crippen LogP contribution in [0.2, 0.25) is 0 Å². The van der Waals surface area contributed by atoms with Gasteiger partial charge in [0.2, 0.25) is 5.89 Å². The molecular formula is C11H19F3N4O. The van der Waals surface area contributed by atoms with E-state index in [1.165, 1.54) is 0 Å². The van der Waals surface area contributed by atoms with Gasteiger partial charge in [-0.25, -0.2) is 0 Å². The number of rotatable bonds is 6. The molecule has 0 aliphatic rings. The molecule has 8 heteroatoms. The summed E-state index contributed by atoms with van der Waals surface area (Å²) in [6, 6.07) is -0.678. The summed E-state index contributed by atoms with van der Waals surface area (Å²) < 4.78 is 42.8. The highest BCUT2D eigenvalue weighted by molar-refractivity contribution is 5.26. The van der Waals surface area contributed by atoms with Gasteiger partial charge in [0.15, 0.2) is 0 Å². The molecule has 0 aromatic carbocycles. The molecule has 0 fully saturated rings. The summed E-state index contributed by atoms with van der Waals surface area (Å²) in [5.41, 5.74) is 0. The third-order valence-corrected chi connectivity index (χ3v) is 2.53. The molecule has 0 saturated heterocycles. The van der Waals surface area contributed by atoms with Crippen LogP contribution in [0.5, 0.6) is 0 Å². The van der Waals surface area contributed by atoms with Gasteiger partial charge in [-0.3, -0.25) is 0 Å². The second-order valence-corrected chi connectivity index (χ2v) is 4.54. The third kappa shape index (κ3) is 4.70. The van der Waals surface area contributed by atoms with Crippen LogP contribution in [0.1, 0.15) is 39.6 Å². The van der Waals surface area contributed by atoms with Crippen LogP contribution in [-0.4, -0.2) is 35.5 Å². The van der Waals surface area contributed by atoms with Crippen LogP contribution in [0.15, 0.2) is 4.42 Å². The van der Waals surface area contributed by atoms with Gasteiger partial charge in [-0.15, -0.1) is 5.10 Å². The Bertz CT molecular complexity index is 392. The van der Waals surface area contributed by atoms with Crippen molar-refractivity contribution >= 4 is 6.01 Å². The van der Waals surface area contributed by atoms with Crippen molar-refractivity contribution in [3.05, 3.63) is 5.89 Å². The molecule has 0 aliphatic carbocycles. The lowest BCUT2D eigenvalue weighted by molar-refractivity contribution is -0.121. The summed E-state index contributed by atoms with van der Waals surface area (Å²) in [6.45, 7) is 6.60. The Labute approximate surface area is 110 Å². The normalized spacial score (nSPS) is 13.9. The summed E-state index contributed by atoms with van der Waals surface area (Å²) in [5, 5.41) is 10.5. The minimum atomic E-state index is -4.31. The fourth-order valence-corrected chi connectivity index (χ4v) is 1.58. The Morgan fingerprint density at radius 1 is 1.26 bits per heavy atom. The number of aromatic nitrogens is 2. The van der Waals surface area contributed by atoms with E-state index < -0.39 is 12.7 Å². The average Bonchev–Trinajstić information content (AvgIpc) is 2.73. The van der Waals surface area contributed by atoms with Gasteiger partial charge in [0.1, 0.15) is 6.54 Å². The molecular weight excluding hydrogens is 261 g/mol. The maximum Gasteiger partial charge on any atom is 0.406 e. The van der Waals surface area contributed by atoms with Crippen molar-refractivity contribution in [2.24, 2.45) is 0 Å². The minimum absolute atomic E-state index is 0.105. The summed E-state index contributed by atoms with van der Waals surface area (Å²) in [6.07, 6.45) is -4.31. The molecule has 1 aromatic rings. The molecule has 1 aromatic heterocycles. The second-order valence-electron chi connectivity index (χ2n) is 4.54. The van der Waals surface area contributed by atoms with E-state index in [1.54, 1.807) is 13.8 Å². The molecule has 1 N–H and O–H groups in total. The lowest BCUT2D eigenvalue weighted by Gasteiger charge is -2.25. The maximum absolute atomic E-state index is 12.5. The lowest BCUT2D eigenvalue weighted by atomic mass is 10.3. The highest BCUT2D eigenvalue weighted by atomic mass is 19.4. The number of hydrogen-bond donors (Lipinski definition) is 1. The number of halogens is 3. The first-order chi connectivity index (χ1) is 8.74. The summed E-state index contributed by atoms with van der Waals surface area (Å²) >= 11 is 0. The first-order valence-electron chi connectivity index (χ1n) is 6.14. The van der Waals surface area contributed by atoms with Gasteiger partial charge in [-0.05, 0) is 27.3 Å². The minimum Gasteiger partial charge on any atom is -0.406 e. The van der Waals surface area contributed by atoms with Crippen LogP contribution in [-0.2, 0) is 0 Å². The van der Waals surface area contributed by atoms with E-state index in [-0.39, 0.29) is 24.0 Å². The molecule has 0 aliphatic heterocycles. The monoisotopic (exact) mass is 280 g/mol. The predicted octanol–water partition coefficient (Wildman–Crippen LogP) is 2.52. The Morgan fingerprint density at radius 3 is 2.37 bits per heavy atom. The highest BCUT2D eigenvalue weighted by Gasteiger charge is 2.34. The molecule has 19 heavy (non-hydrogen) atoms. The van der Waals surface area contributed by atoms with E-state index in [9.17, 15) is 13.2 Å². The number of hydrogen-bond acceptors (Lipinski definition) is 5.